The van der Waals surface area contributed by atoms with Crippen LogP contribution in [0.2, 0.25) is 0 Å². The molecular weight excluding hydrogens is 538 g/mol. The van der Waals surface area contributed by atoms with Crippen LogP contribution in [-0.2, 0) is 36.6 Å². The Morgan fingerprint density at radius 1 is 1.05 bits per heavy atom. The standard InChI is InChI=1S/C28H33N3O6S2/c1-15-10-11-17(14-16(15)2)30-26-21(28(34)37-13-12-35-3)22(29)23(39-26)24(32)31-25-20(27(33)36-4)18-8-6-5-7-9-19(18)38-25/h10-11,14,23H,5-9,12-13,29H2,1-4H3,(H,31,32). The van der Waals surface area contributed by atoms with Crippen LogP contribution in [0.5, 0.6) is 0 Å². The lowest BCUT2D eigenvalue weighted by atomic mass is 10.1. The molecular formula is C28H33N3O6S2. The first kappa shape index (κ1) is 28.8. The number of hydrogen-bond acceptors (Lipinski definition) is 10. The lowest BCUT2D eigenvalue weighted by Gasteiger charge is -2.12. The summed E-state index contributed by atoms with van der Waals surface area (Å²) in [5.41, 5.74) is 10.7. The van der Waals surface area contributed by atoms with Gasteiger partial charge in [0.2, 0.25) is 5.91 Å². The molecule has 39 heavy (non-hydrogen) atoms. The largest absolute Gasteiger partial charge is 0.465 e. The van der Waals surface area contributed by atoms with Crippen LogP contribution in [0.4, 0.5) is 10.7 Å². The van der Waals surface area contributed by atoms with E-state index in [1.807, 2.05) is 32.0 Å². The zero-order valence-electron chi connectivity index (χ0n) is 22.5. The number of ether oxygens (including phenoxy) is 3. The Bertz CT molecular complexity index is 1350. The van der Waals surface area contributed by atoms with Crippen LogP contribution in [0.1, 0.15) is 51.2 Å². The number of aliphatic imine (C=N–C) groups is 1. The smallest absolute Gasteiger partial charge is 0.342 e. The number of rotatable bonds is 8. The van der Waals surface area contributed by atoms with Gasteiger partial charge in [-0.15, -0.1) is 11.3 Å². The van der Waals surface area contributed by atoms with E-state index in [0.29, 0.717) is 21.3 Å². The minimum atomic E-state index is -0.937. The highest BCUT2D eigenvalue weighted by molar-refractivity contribution is 8.16. The summed E-state index contributed by atoms with van der Waals surface area (Å²) in [4.78, 5) is 45.1. The molecule has 1 aromatic carbocycles. The molecule has 1 aliphatic heterocycles. The average Bonchev–Trinajstić information content (AvgIpc) is 3.32. The Hall–Kier alpha value is -3.15. The number of hydrogen-bond donors (Lipinski definition) is 2. The molecule has 1 aliphatic carbocycles. The van der Waals surface area contributed by atoms with Gasteiger partial charge < -0.3 is 25.3 Å². The number of thiophene rings is 1. The van der Waals surface area contributed by atoms with Crippen molar-refractivity contribution in [3.05, 3.63) is 56.6 Å². The van der Waals surface area contributed by atoms with Gasteiger partial charge in [0.15, 0.2) is 0 Å². The van der Waals surface area contributed by atoms with E-state index in [1.54, 1.807) is 0 Å². The molecule has 1 amide bonds. The maximum absolute atomic E-state index is 13.6. The summed E-state index contributed by atoms with van der Waals surface area (Å²) in [5, 5.41) is 2.71. The second kappa shape index (κ2) is 12.8. The maximum Gasteiger partial charge on any atom is 0.342 e. The number of carbonyl (C=O) groups is 3. The van der Waals surface area contributed by atoms with Crippen molar-refractivity contribution in [2.45, 2.75) is 51.2 Å². The summed E-state index contributed by atoms with van der Waals surface area (Å²) < 4.78 is 15.4. The Balaban J connectivity index is 1.66. The molecule has 2 heterocycles. The fraction of sp³-hybridized carbons (Fsp3) is 0.429. The van der Waals surface area contributed by atoms with E-state index in [0.717, 1.165) is 65.4 Å². The number of aryl methyl sites for hydroxylation is 3. The molecule has 1 aromatic heterocycles. The van der Waals surface area contributed by atoms with E-state index in [1.165, 1.54) is 25.6 Å². The van der Waals surface area contributed by atoms with E-state index in [2.05, 4.69) is 10.3 Å². The summed E-state index contributed by atoms with van der Waals surface area (Å²) in [6, 6.07) is 5.69. The monoisotopic (exact) mass is 571 g/mol. The van der Waals surface area contributed by atoms with Crippen LogP contribution in [0, 0.1) is 13.8 Å². The predicted molar refractivity (Wildman–Crippen MR) is 154 cm³/mol. The number of anilines is 1. The number of fused-ring (bicyclic) bond motifs is 1. The van der Waals surface area contributed by atoms with Crippen molar-refractivity contribution in [2.24, 2.45) is 10.7 Å². The van der Waals surface area contributed by atoms with E-state index < -0.39 is 23.1 Å². The van der Waals surface area contributed by atoms with Gasteiger partial charge in [-0.3, -0.25) is 4.79 Å². The zero-order valence-corrected chi connectivity index (χ0v) is 24.2. The van der Waals surface area contributed by atoms with Gasteiger partial charge in [0.05, 0.1) is 25.0 Å². The Labute approximate surface area is 236 Å². The predicted octanol–water partition coefficient (Wildman–Crippen LogP) is 4.61. The van der Waals surface area contributed by atoms with Crippen LogP contribution in [0.15, 0.2) is 34.5 Å². The number of amides is 1. The van der Waals surface area contributed by atoms with Crippen molar-refractivity contribution in [3.63, 3.8) is 0 Å². The van der Waals surface area contributed by atoms with E-state index in [-0.39, 0.29) is 24.5 Å². The van der Waals surface area contributed by atoms with Gasteiger partial charge in [-0.1, -0.05) is 24.2 Å². The number of carbonyl (C=O) groups excluding carboxylic acids is 3. The summed E-state index contributed by atoms with van der Waals surface area (Å²) >= 11 is 2.48. The molecule has 0 spiro atoms. The minimum absolute atomic E-state index is 0.0355. The van der Waals surface area contributed by atoms with E-state index in [4.69, 9.17) is 19.9 Å². The van der Waals surface area contributed by atoms with Gasteiger partial charge in [-0.2, -0.15) is 0 Å². The van der Waals surface area contributed by atoms with Crippen molar-refractivity contribution in [1.29, 1.82) is 0 Å². The third-order valence-electron chi connectivity index (χ3n) is 6.75. The number of nitrogens with one attached hydrogen (secondary N) is 1. The van der Waals surface area contributed by atoms with Crippen LogP contribution < -0.4 is 11.1 Å². The highest BCUT2D eigenvalue weighted by atomic mass is 32.2. The second-order valence-corrected chi connectivity index (χ2v) is 11.6. The van der Waals surface area contributed by atoms with E-state index >= 15 is 0 Å². The topological polar surface area (TPSA) is 129 Å². The summed E-state index contributed by atoms with van der Waals surface area (Å²) in [5.74, 6) is -1.61. The molecule has 11 heteroatoms. The fourth-order valence-corrected chi connectivity index (χ4v) is 6.89. The van der Waals surface area contributed by atoms with Gasteiger partial charge in [-0.05, 0) is 68.4 Å². The molecule has 208 valence electrons. The quantitative estimate of drug-likeness (QED) is 0.267. The third kappa shape index (κ3) is 6.37. The van der Waals surface area contributed by atoms with Gasteiger partial charge in [0.25, 0.3) is 0 Å². The molecule has 1 atom stereocenters. The molecule has 0 radical (unpaired) electrons. The molecule has 0 bridgehead atoms. The highest BCUT2D eigenvalue weighted by Crippen LogP contribution is 2.40. The highest BCUT2D eigenvalue weighted by Gasteiger charge is 2.40. The van der Waals surface area contributed by atoms with Crippen LogP contribution >= 0.6 is 23.1 Å². The summed E-state index contributed by atoms with van der Waals surface area (Å²) in [7, 11) is 2.84. The molecule has 0 saturated carbocycles. The van der Waals surface area contributed by atoms with Crippen molar-refractivity contribution >= 4 is 56.7 Å². The Kier molecular flexibility index (Phi) is 9.47. The maximum atomic E-state index is 13.6. The normalized spacial score (nSPS) is 18.1. The molecule has 3 N–H and O–H groups in total. The molecule has 1 unspecified atom stereocenters. The minimum Gasteiger partial charge on any atom is -0.465 e. The zero-order chi connectivity index (χ0) is 28.1. The van der Waals surface area contributed by atoms with Crippen LogP contribution in [0.3, 0.4) is 0 Å². The number of nitrogens with zero attached hydrogens (tertiary/aromatic N) is 1. The number of nitrogens with two attached hydrogens (primary N) is 1. The Morgan fingerprint density at radius 3 is 2.54 bits per heavy atom. The number of thioether (sulfide) groups is 1. The van der Waals surface area contributed by atoms with Gasteiger partial charge in [0, 0.05) is 17.7 Å². The van der Waals surface area contributed by atoms with Gasteiger partial charge in [0.1, 0.15) is 27.5 Å². The molecule has 4 rings (SSSR count). The van der Waals surface area contributed by atoms with E-state index in [9.17, 15) is 14.4 Å². The Morgan fingerprint density at radius 2 is 1.82 bits per heavy atom. The third-order valence-corrected chi connectivity index (χ3v) is 9.18. The SMILES string of the molecule is COCCOC(=O)C1=C(N)C(C(=O)Nc2sc3c(c2C(=O)OC)CCCCC3)SC1=Nc1ccc(C)c(C)c1. The van der Waals surface area contributed by atoms with Crippen molar-refractivity contribution in [1.82, 2.24) is 0 Å². The number of methoxy groups -OCH3 is 2. The van der Waals surface area contributed by atoms with Gasteiger partial charge >= 0.3 is 11.9 Å². The number of esters is 2. The second-order valence-electron chi connectivity index (χ2n) is 9.39. The number of benzene rings is 1. The molecule has 2 aromatic rings. The summed E-state index contributed by atoms with van der Waals surface area (Å²) in [6.07, 6.45) is 4.71. The summed E-state index contributed by atoms with van der Waals surface area (Å²) in [6.45, 7) is 4.23. The van der Waals surface area contributed by atoms with Crippen LogP contribution in [0.25, 0.3) is 0 Å². The molecule has 9 nitrogen and oxygen atoms in total. The van der Waals surface area contributed by atoms with Crippen molar-refractivity contribution in [3.8, 4) is 0 Å². The first-order valence-electron chi connectivity index (χ1n) is 12.8. The van der Waals surface area contributed by atoms with Crippen LogP contribution in [-0.4, -0.2) is 55.6 Å². The lowest BCUT2D eigenvalue weighted by molar-refractivity contribution is -0.139. The molecule has 2 aliphatic rings. The first-order chi connectivity index (χ1) is 18.7. The van der Waals surface area contributed by atoms with Gasteiger partial charge in [-0.25, -0.2) is 14.6 Å². The molecule has 0 fully saturated rings. The fourth-order valence-electron chi connectivity index (χ4n) is 4.50. The van der Waals surface area contributed by atoms with Crippen molar-refractivity contribution in [2.75, 3.05) is 32.8 Å². The molecule has 0 saturated heterocycles. The lowest BCUT2D eigenvalue weighted by Crippen LogP contribution is -2.29. The van der Waals surface area contributed by atoms with Crippen molar-refractivity contribution < 1.29 is 28.6 Å². The average molecular weight is 572 g/mol. The first-order valence-corrected chi connectivity index (χ1v) is 14.5.